The summed E-state index contributed by atoms with van der Waals surface area (Å²) in [6, 6.07) is 1.35. The number of carboxylic acids is 1. The van der Waals surface area contributed by atoms with Gasteiger partial charge in [-0.25, -0.2) is 0 Å². The van der Waals surface area contributed by atoms with Crippen LogP contribution < -0.4 is 0 Å². The molecule has 0 aromatic heterocycles. The Bertz CT molecular complexity index is 165. The molecule has 0 aliphatic rings. The minimum Gasteiger partial charge on any atom is -0.480 e. The molecule has 0 fully saturated rings. The van der Waals surface area contributed by atoms with Gasteiger partial charge in [-0.1, -0.05) is 0 Å². The number of nitrogens with zero attached hydrogens (tertiary/aromatic N) is 1. The number of carboxylic acid groups (broad SMARTS) is 1. The SMILES string of the molecule is CC(=O)C(C#N)C(=O)O. The van der Waals surface area contributed by atoms with E-state index in [0.717, 1.165) is 6.92 Å². The number of Topliss-reactive ketones (excluding diaryl/α,β-unsaturated/α-hetero) is 1. The van der Waals surface area contributed by atoms with Gasteiger partial charge < -0.3 is 5.11 Å². The number of hydrogen-bond donors (Lipinski definition) is 1. The Kier molecular flexibility index (Phi) is 2.39. The zero-order valence-corrected chi connectivity index (χ0v) is 4.79. The lowest BCUT2D eigenvalue weighted by atomic mass is 10.1. The quantitative estimate of drug-likeness (QED) is 0.521. The third kappa shape index (κ3) is 1.91. The lowest BCUT2D eigenvalue weighted by Gasteiger charge is -1.93. The number of aliphatic carboxylic acids is 1. The van der Waals surface area contributed by atoms with Crippen molar-refractivity contribution in [3.63, 3.8) is 0 Å². The largest absolute Gasteiger partial charge is 0.480 e. The van der Waals surface area contributed by atoms with Crippen molar-refractivity contribution < 1.29 is 14.7 Å². The lowest BCUT2D eigenvalue weighted by Crippen LogP contribution is -2.18. The second kappa shape index (κ2) is 2.82. The third-order valence-electron chi connectivity index (χ3n) is 0.783. The van der Waals surface area contributed by atoms with Gasteiger partial charge in [-0.15, -0.1) is 0 Å². The van der Waals surface area contributed by atoms with Crippen molar-refractivity contribution >= 4 is 11.8 Å². The second-order valence-electron chi connectivity index (χ2n) is 1.51. The van der Waals surface area contributed by atoms with E-state index >= 15 is 0 Å². The standard InChI is InChI=1S/C5H5NO3/c1-3(7)4(2-6)5(8)9/h4H,1H3,(H,8,9). The fourth-order valence-corrected chi connectivity index (χ4v) is 0.320. The summed E-state index contributed by atoms with van der Waals surface area (Å²) in [4.78, 5) is 20.1. The minimum atomic E-state index is -1.50. The summed E-state index contributed by atoms with van der Waals surface area (Å²) in [5.74, 6) is -3.51. The zero-order valence-electron chi connectivity index (χ0n) is 4.79. The maximum atomic E-state index is 10.2. The molecule has 1 atom stereocenters. The van der Waals surface area contributed by atoms with E-state index in [9.17, 15) is 9.59 Å². The summed E-state index contributed by atoms with van der Waals surface area (Å²) in [7, 11) is 0. The van der Waals surface area contributed by atoms with Crippen LogP contribution in [0, 0.1) is 17.2 Å². The highest BCUT2D eigenvalue weighted by molar-refractivity contribution is 5.99. The molecule has 0 rings (SSSR count). The van der Waals surface area contributed by atoms with Crippen molar-refractivity contribution in [2.75, 3.05) is 0 Å². The Labute approximate surface area is 51.7 Å². The van der Waals surface area contributed by atoms with Crippen molar-refractivity contribution in [1.82, 2.24) is 0 Å². The maximum absolute atomic E-state index is 10.2. The van der Waals surface area contributed by atoms with Crippen molar-refractivity contribution in [2.45, 2.75) is 6.92 Å². The van der Waals surface area contributed by atoms with Crippen LogP contribution in [-0.4, -0.2) is 16.9 Å². The van der Waals surface area contributed by atoms with E-state index in [-0.39, 0.29) is 0 Å². The van der Waals surface area contributed by atoms with E-state index in [1.165, 1.54) is 6.07 Å². The van der Waals surface area contributed by atoms with Crippen molar-refractivity contribution in [1.29, 1.82) is 5.26 Å². The van der Waals surface area contributed by atoms with Crippen LogP contribution in [0.1, 0.15) is 6.92 Å². The molecule has 48 valence electrons. The lowest BCUT2D eigenvalue weighted by molar-refractivity contribution is -0.143. The molecule has 0 spiro atoms. The molecule has 0 bridgehead atoms. The molecule has 0 aromatic carbocycles. The number of ketones is 1. The summed E-state index contributed by atoms with van der Waals surface area (Å²) in [6.45, 7) is 1.07. The van der Waals surface area contributed by atoms with E-state index in [1.54, 1.807) is 0 Å². The molecule has 9 heavy (non-hydrogen) atoms. The van der Waals surface area contributed by atoms with Crippen LogP contribution in [0.2, 0.25) is 0 Å². The average Bonchev–Trinajstić information content (AvgIpc) is 1.64. The van der Waals surface area contributed by atoms with E-state index in [1.807, 2.05) is 0 Å². The number of rotatable bonds is 2. The first-order chi connectivity index (χ1) is 4.09. The first-order valence-electron chi connectivity index (χ1n) is 2.22. The van der Waals surface area contributed by atoms with E-state index in [2.05, 4.69) is 0 Å². The molecular weight excluding hydrogens is 122 g/mol. The number of carbonyl (C=O) groups excluding carboxylic acids is 1. The molecular formula is C5H5NO3. The highest BCUT2D eigenvalue weighted by Crippen LogP contribution is 1.94. The Morgan fingerprint density at radius 2 is 2.11 bits per heavy atom. The van der Waals surface area contributed by atoms with Crippen LogP contribution in [0.3, 0.4) is 0 Å². The molecule has 0 aromatic rings. The molecule has 1 N–H and O–H groups in total. The summed E-state index contributed by atoms with van der Waals surface area (Å²) in [5.41, 5.74) is 0. The Hall–Kier alpha value is -1.37. The highest BCUT2D eigenvalue weighted by atomic mass is 16.4. The van der Waals surface area contributed by atoms with Crippen LogP contribution in [0.5, 0.6) is 0 Å². The van der Waals surface area contributed by atoms with Gasteiger partial charge in [-0.05, 0) is 6.92 Å². The monoisotopic (exact) mass is 127 g/mol. The summed E-state index contributed by atoms with van der Waals surface area (Å²) in [6.07, 6.45) is 0. The third-order valence-corrected chi connectivity index (χ3v) is 0.783. The van der Waals surface area contributed by atoms with Gasteiger partial charge in [0, 0.05) is 0 Å². The molecule has 0 aliphatic heterocycles. The summed E-state index contributed by atoms with van der Waals surface area (Å²) < 4.78 is 0. The van der Waals surface area contributed by atoms with Crippen molar-refractivity contribution in [2.24, 2.45) is 5.92 Å². The molecule has 0 aliphatic carbocycles. The topological polar surface area (TPSA) is 78.2 Å². The van der Waals surface area contributed by atoms with Crippen molar-refractivity contribution in [3.8, 4) is 6.07 Å². The summed E-state index contributed by atoms with van der Waals surface area (Å²) in [5, 5.41) is 16.1. The van der Waals surface area contributed by atoms with Crippen LogP contribution in [0.4, 0.5) is 0 Å². The molecule has 0 saturated heterocycles. The van der Waals surface area contributed by atoms with Gasteiger partial charge >= 0.3 is 5.97 Å². The molecule has 0 heterocycles. The molecule has 4 heteroatoms. The van der Waals surface area contributed by atoms with Gasteiger partial charge in [-0.3, -0.25) is 9.59 Å². The molecule has 0 saturated carbocycles. The predicted octanol–water partition coefficient (Wildman–Crippen LogP) is -0.200. The van der Waals surface area contributed by atoms with Gasteiger partial charge in [0.2, 0.25) is 5.92 Å². The van der Waals surface area contributed by atoms with Gasteiger partial charge in [0.1, 0.15) is 0 Å². The number of carbonyl (C=O) groups is 2. The predicted molar refractivity (Wildman–Crippen MR) is 27.4 cm³/mol. The number of nitriles is 1. The van der Waals surface area contributed by atoms with Crippen LogP contribution in [-0.2, 0) is 9.59 Å². The number of hydrogen-bond acceptors (Lipinski definition) is 3. The van der Waals surface area contributed by atoms with E-state index < -0.39 is 17.7 Å². The Morgan fingerprint density at radius 1 is 1.67 bits per heavy atom. The van der Waals surface area contributed by atoms with Gasteiger partial charge in [0.05, 0.1) is 6.07 Å². The second-order valence-corrected chi connectivity index (χ2v) is 1.51. The fourth-order valence-electron chi connectivity index (χ4n) is 0.320. The molecule has 1 unspecified atom stereocenters. The molecule has 0 amide bonds. The first-order valence-corrected chi connectivity index (χ1v) is 2.22. The van der Waals surface area contributed by atoms with E-state index in [0.29, 0.717) is 0 Å². The minimum absolute atomic E-state index is 0.634. The highest BCUT2D eigenvalue weighted by Gasteiger charge is 2.20. The van der Waals surface area contributed by atoms with Crippen molar-refractivity contribution in [3.05, 3.63) is 0 Å². The van der Waals surface area contributed by atoms with Crippen LogP contribution in [0.15, 0.2) is 0 Å². The fraction of sp³-hybridized carbons (Fsp3) is 0.400. The van der Waals surface area contributed by atoms with E-state index in [4.69, 9.17) is 10.4 Å². The van der Waals surface area contributed by atoms with Crippen LogP contribution >= 0.6 is 0 Å². The normalized spacial score (nSPS) is 11.6. The van der Waals surface area contributed by atoms with Gasteiger partial charge in [0.25, 0.3) is 0 Å². The Balaban J connectivity index is 4.22. The average molecular weight is 127 g/mol. The molecule has 4 nitrogen and oxygen atoms in total. The Morgan fingerprint density at radius 3 is 2.11 bits per heavy atom. The molecule has 0 radical (unpaired) electrons. The smallest absolute Gasteiger partial charge is 0.328 e. The van der Waals surface area contributed by atoms with Gasteiger partial charge in [0.15, 0.2) is 5.78 Å². The maximum Gasteiger partial charge on any atom is 0.328 e. The first kappa shape index (κ1) is 7.63. The summed E-state index contributed by atoms with van der Waals surface area (Å²) >= 11 is 0. The van der Waals surface area contributed by atoms with Gasteiger partial charge in [-0.2, -0.15) is 5.26 Å². The van der Waals surface area contributed by atoms with Crippen LogP contribution in [0.25, 0.3) is 0 Å². The zero-order chi connectivity index (χ0) is 7.44.